The number of H-pyrrole nitrogens is 1. The summed E-state index contributed by atoms with van der Waals surface area (Å²) in [5.74, 6) is -4.54. The third-order valence-electron chi connectivity index (χ3n) is 5.89. The van der Waals surface area contributed by atoms with E-state index in [0.29, 0.717) is 29.8 Å². The molecule has 1 aliphatic carbocycles. The van der Waals surface area contributed by atoms with E-state index >= 15 is 0 Å². The first-order valence-electron chi connectivity index (χ1n) is 10.5. The lowest BCUT2D eigenvalue weighted by Crippen LogP contribution is -2.40. The van der Waals surface area contributed by atoms with Crippen LogP contribution >= 0.6 is 12.4 Å². The van der Waals surface area contributed by atoms with E-state index in [1.54, 1.807) is 18.2 Å². The van der Waals surface area contributed by atoms with Crippen molar-refractivity contribution >= 4 is 12.4 Å². The number of hydrogen-bond donors (Lipinski definition) is 2. The van der Waals surface area contributed by atoms with Gasteiger partial charge in [0.05, 0.1) is 6.54 Å². The van der Waals surface area contributed by atoms with Gasteiger partial charge in [0.1, 0.15) is 18.0 Å². The molecule has 1 aliphatic rings. The third kappa shape index (κ3) is 5.48. The fourth-order valence-electron chi connectivity index (χ4n) is 4.15. The molecule has 0 radical (unpaired) electrons. The van der Waals surface area contributed by atoms with Crippen LogP contribution in [-0.2, 0) is 6.54 Å². The van der Waals surface area contributed by atoms with Gasteiger partial charge in [0.25, 0.3) is 5.92 Å². The smallest absolute Gasteiger partial charge is 0.263 e. The van der Waals surface area contributed by atoms with Crippen molar-refractivity contribution in [3.63, 3.8) is 0 Å². The Morgan fingerprint density at radius 1 is 0.969 bits per heavy atom. The minimum absolute atomic E-state index is 0. The molecule has 0 aliphatic heterocycles. The van der Waals surface area contributed by atoms with E-state index in [9.17, 15) is 17.6 Å². The summed E-state index contributed by atoms with van der Waals surface area (Å²) >= 11 is 0. The highest BCUT2D eigenvalue weighted by atomic mass is 35.5. The molecule has 1 fully saturated rings. The van der Waals surface area contributed by atoms with E-state index in [1.807, 2.05) is 6.07 Å². The Balaban J connectivity index is 0.00000289. The molecular weight excluding hydrogens is 444 g/mol. The second-order valence-corrected chi connectivity index (χ2v) is 8.03. The minimum atomic E-state index is -2.88. The average Bonchev–Trinajstić information content (AvgIpc) is 3.31. The lowest BCUT2D eigenvalue weighted by molar-refractivity contribution is -0.0685. The van der Waals surface area contributed by atoms with Gasteiger partial charge < -0.3 is 5.32 Å². The molecule has 1 heterocycles. The number of alkyl halides is 2. The number of aromatic nitrogens is 3. The summed E-state index contributed by atoms with van der Waals surface area (Å²) in [6, 6.07) is 9.49. The highest BCUT2D eigenvalue weighted by Crippen LogP contribution is 2.36. The van der Waals surface area contributed by atoms with Crippen molar-refractivity contribution in [3.05, 3.63) is 59.9 Å². The van der Waals surface area contributed by atoms with Crippen molar-refractivity contribution in [1.29, 1.82) is 0 Å². The Morgan fingerprint density at radius 2 is 1.66 bits per heavy atom. The number of halogens is 5. The standard InChI is InChI=1S/C23H24F4N4.ClH/c24-20-10-17(15-5-4-6-16(9-15)22-29-14-30-31-22)11-21(25)19(20)12-28-13-23(26,27)18-7-2-1-3-8-18;/h4-6,9-11,14,18,28H,1-3,7-8,12-13H2,(H,29,30,31);1H. The summed E-state index contributed by atoms with van der Waals surface area (Å²) < 4.78 is 58.1. The first kappa shape index (κ1) is 24.2. The number of rotatable bonds is 7. The summed E-state index contributed by atoms with van der Waals surface area (Å²) in [6.07, 6.45) is 4.98. The van der Waals surface area contributed by atoms with Crippen LogP contribution < -0.4 is 5.32 Å². The zero-order valence-corrected chi connectivity index (χ0v) is 18.2. The Morgan fingerprint density at radius 3 is 2.31 bits per heavy atom. The lowest BCUT2D eigenvalue weighted by Gasteiger charge is -2.30. The second-order valence-electron chi connectivity index (χ2n) is 8.03. The number of aromatic amines is 1. The maximum Gasteiger partial charge on any atom is 0.263 e. The fraction of sp³-hybridized carbons (Fsp3) is 0.391. The van der Waals surface area contributed by atoms with Gasteiger partial charge in [-0.05, 0) is 42.2 Å². The molecule has 172 valence electrons. The summed E-state index contributed by atoms with van der Waals surface area (Å²) in [5.41, 5.74) is 1.45. The molecule has 2 aromatic carbocycles. The van der Waals surface area contributed by atoms with Crippen LogP contribution in [0.25, 0.3) is 22.5 Å². The monoisotopic (exact) mass is 468 g/mol. The van der Waals surface area contributed by atoms with E-state index in [-0.39, 0.29) is 24.5 Å². The summed E-state index contributed by atoms with van der Waals surface area (Å²) in [7, 11) is 0. The lowest BCUT2D eigenvalue weighted by atomic mass is 9.84. The van der Waals surface area contributed by atoms with Crippen molar-refractivity contribution in [3.8, 4) is 22.5 Å². The van der Waals surface area contributed by atoms with Crippen molar-refractivity contribution in [2.45, 2.75) is 44.6 Å². The van der Waals surface area contributed by atoms with Crippen LogP contribution in [0.4, 0.5) is 17.6 Å². The highest BCUT2D eigenvalue weighted by molar-refractivity contribution is 5.85. The number of hydrogen-bond acceptors (Lipinski definition) is 3. The summed E-state index contributed by atoms with van der Waals surface area (Å²) in [4.78, 5) is 4.07. The Kier molecular flexibility index (Phi) is 7.90. The Labute approximate surface area is 190 Å². The van der Waals surface area contributed by atoms with Crippen LogP contribution in [0.3, 0.4) is 0 Å². The molecule has 9 heteroatoms. The molecule has 4 nitrogen and oxygen atoms in total. The van der Waals surface area contributed by atoms with Gasteiger partial charge >= 0.3 is 0 Å². The quantitative estimate of drug-likeness (QED) is 0.409. The first-order valence-corrected chi connectivity index (χ1v) is 10.5. The predicted molar refractivity (Wildman–Crippen MR) is 118 cm³/mol. The van der Waals surface area contributed by atoms with Gasteiger partial charge in [0, 0.05) is 23.6 Å². The molecule has 4 rings (SSSR count). The van der Waals surface area contributed by atoms with Gasteiger partial charge in [-0.3, -0.25) is 5.10 Å². The van der Waals surface area contributed by atoms with Crippen LogP contribution in [0, 0.1) is 17.6 Å². The molecule has 1 aromatic heterocycles. The largest absolute Gasteiger partial charge is 0.307 e. The van der Waals surface area contributed by atoms with Crippen molar-refractivity contribution in [2.24, 2.45) is 5.92 Å². The topological polar surface area (TPSA) is 53.6 Å². The summed E-state index contributed by atoms with van der Waals surface area (Å²) in [5, 5.41) is 9.10. The van der Waals surface area contributed by atoms with Crippen molar-refractivity contribution in [2.75, 3.05) is 6.54 Å². The molecule has 0 atom stereocenters. The van der Waals surface area contributed by atoms with E-state index < -0.39 is 30.0 Å². The van der Waals surface area contributed by atoms with Crippen LogP contribution in [0.5, 0.6) is 0 Å². The van der Waals surface area contributed by atoms with Crippen LogP contribution in [0.2, 0.25) is 0 Å². The molecule has 1 saturated carbocycles. The second kappa shape index (κ2) is 10.4. The molecule has 3 aromatic rings. The van der Waals surface area contributed by atoms with Gasteiger partial charge in [0.2, 0.25) is 0 Å². The SMILES string of the molecule is Cl.Fc1cc(-c2cccc(-c3ncn[nH]3)c2)cc(F)c1CNCC(F)(F)C1CCCCC1. The van der Waals surface area contributed by atoms with Gasteiger partial charge in [-0.15, -0.1) is 12.4 Å². The van der Waals surface area contributed by atoms with Crippen LogP contribution in [0.15, 0.2) is 42.7 Å². The molecular formula is C23H25ClF4N4. The van der Waals surface area contributed by atoms with E-state index in [2.05, 4.69) is 20.5 Å². The highest BCUT2D eigenvalue weighted by Gasteiger charge is 2.39. The summed E-state index contributed by atoms with van der Waals surface area (Å²) in [6.45, 7) is -0.879. The van der Waals surface area contributed by atoms with Crippen LogP contribution in [-0.4, -0.2) is 27.6 Å². The molecule has 32 heavy (non-hydrogen) atoms. The van der Waals surface area contributed by atoms with E-state index in [1.165, 1.54) is 18.5 Å². The van der Waals surface area contributed by atoms with Gasteiger partial charge in [-0.1, -0.05) is 37.5 Å². The van der Waals surface area contributed by atoms with Crippen molar-refractivity contribution < 1.29 is 17.6 Å². The maximum atomic E-state index is 14.6. The molecule has 0 amide bonds. The predicted octanol–water partition coefficient (Wildman–Crippen LogP) is 6.14. The third-order valence-corrected chi connectivity index (χ3v) is 5.89. The van der Waals surface area contributed by atoms with Crippen LogP contribution in [0.1, 0.15) is 37.7 Å². The molecule has 2 N–H and O–H groups in total. The normalized spacial score (nSPS) is 14.9. The average molecular weight is 469 g/mol. The Hall–Kier alpha value is -2.45. The molecule has 0 bridgehead atoms. The minimum Gasteiger partial charge on any atom is -0.307 e. The first-order chi connectivity index (χ1) is 14.9. The fourth-order valence-corrected chi connectivity index (χ4v) is 4.15. The maximum absolute atomic E-state index is 14.6. The van der Waals surface area contributed by atoms with E-state index in [4.69, 9.17) is 0 Å². The number of nitrogens with zero attached hydrogens (tertiary/aromatic N) is 2. The van der Waals surface area contributed by atoms with Gasteiger partial charge in [-0.2, -0.15) is 5.10 Å². The van der Waals surface area contributed by atoms with Crippen molar-refractivity contribution in [1.82, 2.24) is 20.5 Å². The zero-order chi connectivity index (χ0) is 21.8. The zero-order valence-electron chi connectivity index (χ0n) is 17.4. The van der Waals surface area contributed by atoms with Gasteiger partial charge in [-0.25, -0.2) is 22.5 Å². The molecule has 0 spiro atoms. The molecule has 0 unspecified atom stereocenters. The number of nitrogens with one attached hydrogen (secondary N) is 2. The number of benzene rings is 2. The van der Waals surface area contributed by atoms with E-state index in [0.717, 1.165) is 24.8 Å². The van der Waals surface area contributed by atoms with Gasteiger partial charge in [0.15, 0.2) is 5.82 Å². The Bertz CT molecular complexity index is 998. The molecule has 0 saturated heterocycles.